The van der Waals surface area contributed by atoms with Crippen molar-refractivity contribution in [3.63, 3.8) is 0 Å². The van der Waals surface area contributed by atoms with E-state index in [1.807, 2.05) is 19.9 Å². The molecule has 4 N–H and O–H groups in total. The Morgan fingerprint density at radius 2 is 2.08 bits per heavy atom. The Hall–Kier alpha value is -2.27. The number of rotatable bonds is 9. The molecule has 1 aromatic rings. The Kier molecular flexibility index (Phi) is 8.65. The molecule has 0 fully saturated rings. The van der Waals surface area contributed by atoms with E-state index in [1.54, 1.807) is 12.1 Å². The highest BCUT2D eigenvalue weighted by Gasteiger charge is 2.12. The molecule has 0 spiro atoms. The third-order valence-corrected chi connectivity index (χ3v) is 3.16. The lowest BCUT2D eigenvalue weighted by Gasteiger charge is -2.16. The number of halogens is 1. The van der Waals surface area contributed by atoms with E-state index < -0.39 is 12.2 Å². The fourth-order valence-electron chi connectivity index (χ4n) is 1.77. The fraction of sp³-hybridized carbons (Fsp3) is 0.375. The molecule has 0 heterocycles. The van der Waals surface area contributed by atoms with Gasteiger partial charge in [-0.3, -0.25) is 4.79 Å². The van der Waals surface area contributed by atoms with Gasteiger partial charge in [-0.2, -0.15) is 5.26 Å². The summed E-state index contributed by atoms with van der Waals surface area (Å²) in [5, 5.41) is 14.8. The minimum atomic E-state index is -0.582. The summed E-state index contributed by atoms with van der Waals surface area (Å²) in [6.07, 6.45) is 0.858. The summed E-state index contributed by atoms with van der Waals surface area (Å²) in [4.78, 5) is 12.1. The lowest BCUT2D eigenvalue weighted by atomic mass is 10.2. The molecule has 1 rings (SSSR count). The van der Waals surface area contributed by atoms with Gasteiger partial charge in [-0.25, -0.2) is 0 Å². The lowest BCUT2D eigenvalue weighted by Crippen LogP contribution is -2.29. The summed E-state index contributed by atoms with van der Waals surface area (Å²) < 4.78 is 10.7. The van der Waals surface area contributed by atoms with E-state index in [1.165, 1.54) is 12.3 Å². The van der Waals surface area contributed by atoms with Gasteiger partial charge in [0, 0.05) is 25.1 Å². The number of hydrogen-bond acceptors (Lipinski definition) is 6. The van der Waals surface area contributed by atoms with Gasteiger partial charge in [0.1, 0.15) is 11.6 Å². The quantitative estimate of drug-likeness (QED) is 0.272. The minimum Gasteiger partial charge on any atom is -0.399 e. The lowest BCUT2D eigenvalue weighted by molar-refractivity contribution is -0.131. The largest absolute Gasteiger partial charge is 0.399 e. The van der Waals surface area contributed by atoms with Crippen LogP contribution >= 0.6 is 11.6 Å². The molecule has 0 saturated heterocycles. The van der Waals surface area contributed by atoms with Gasteiger partial charge in [0.2, 0.25) is 0 Å². The first-order valence-electron chi connectivity index (χ1n) is 7.45. The van der Waals surface area contributed by atoms with Crippen molar-refractivity contribution in [2.24, 2.45) is 0 Å². The maximum Gasteiger partial charge on any atom is 0.267 e. The summed E-state index contributed by atoms with van der Waals surface area (Å²) >= 11 is 5.99. The number of nitrogen functional groups attached to an aromatic ring is 1. The maximum atomic E-state index is 12.1. The van der Waals surface area contributed by atoms with Gasteiger partial charge in [0.05, 0.1) is 17.3 Å². The summed E-state index contributed by atoms with van der Waals surface area (Å²) in [7, 11) is 0. The van der Waals surface area contributed by atoms with Crippen molar-refractivity contribution in [2.45, 2.75) is 20.1 Å². The molecule has 1 amide bonds. The smallest absolute Gasteiger partial charge is 0.267 e. The van der Waals surface area contributed by atoms with Gasteiger partial charge in [0.15, 0.2) is 6.29 Å². The van der Waals surface area contributed by atoms with Gasteiger partial charge in [0.25, 0.3) is 5.91 Å². The highest BCUT2D eigenvalue weighted by Crippen LogP contribution is 2.24. The van der Waals surface area contributed by atoms with E-state index in [4.69, 9.17) is 32.1 Å². The Balaban J connectivity index is 2.67. The van der Waals surface area contributed by atoms with E-state index in [0.29, 0.717) is 36.2 Å². The summed E-state index contributed by atoms with van der Waals surface area (Å²) in [5.74, 6) is -0.582. The van der Waals surface area contributed by atoms with Crippen LogP contribution in [0.3, 0.4) is 0 Å². The van der Waals surface area contributed by atoms with Crippen molar-refractivity contribution in [3.05, 3.63) is 35.0 Å². The molecule has 0 unspecified atom stereocenters. The average molecular weight is 353 g/mol. The second-order valence-corrected chi connectivity index (χ2v) is 5.02. The highest BCUT2D eigenvalue weighted by atomic mass is 35.5. The van der Waals surface area contributed by atoms with E-state index in [2.05, 4.69) is 10.6 Å². The number of hydrogen-bond donors (Lipinski definition) is 3. The molecule has 130 valence electrons. The average Bonchev–Trinajstić information content (AvgIpc) is 2.54. The molecule has 0 radical (unpaired) electrons. The van der Waals surface area contributed by atoms with Crippen molar-refractivity contribution in [3.8, 4) is 6.07 Å². The Labute approximate surface area is 146 Å². The van der Waals surface area contributed by atoms with Crippen LogP contribution in [0.25, 0.3) is 0 Å². The van der Waals surface area contributed by atoms with Crippen LogP contribution in [0.4, 0.5) is 11.4 Å². The van der Waals surface area contributed by atoms with Crippen molar-refractivity contribution in [2.75, 3.05) is 30.8 Å². The number of nitriles is 1. The number of carbonyl (C=O) groups is 1. The van der Waals surface area contributed by atoms with Crippen LogP contribution in [0.2, 0.25) is 5.02 Å². The molecular weight excluding hydrogens is 332 g/mol. The van der Waals surface area contributed by atoms with Crippen molar-refractivity contribution in [1.82, 2.24) is 5.32 Å². The number of nitrogens with one attached hydrogen (secondary N) is 2. The van der Waals surface area contributed by atoms with Gasteiger partial charge in [-0.05, 0) is 32.0 Å². The summed E-state index contributed by atoms with van der Waals surface area (Å²) in [6.45, 7) is 5.01. The van der Waals surface area contributed by atoms with E-state index in [9.17, 15) is 4.79 Å². The first-order chi connectivity index (χ1) is 11.5. The SMILES string of the molecule is CCOC(CN/C=C(/C#N)C(=O)Nc1ccc(N)cc1Cl)OCC. The van der Waals surface area contributed by atoms with Crippen LogP contribution in [0.5, 0.6) is 0 Å². The van der Waals surface area contributed by atoms with Crippen LogP contribution < -0.4 is 16.4 Å². The van der Waals surface area contributed by atoms with Crippen LogP contribution in [-0.2, 0) is 14.3 Å². The van der Waals surface area contributed by atoms with Crippen LogP contribution in [0.1, 0.15) is 13.8 Å². The standard InChI is InChI=1S/C16H21ClN4O3/c1-3-23-15(24-4-2)10-20-9-11(8-18)16(22)21-14-6-5-12(19)7-13(14)17/h5-7,9,15,20H,3-4,10,19H2,1-2H3,(H,21,22)/b11-9-. The zero-order chi connectivity index (χ0) is 17.9. The maximum absolute atomic E-state index is 12.1. The predicted octanol–water partition coefficient (Wildman–Crippen LogP) is 2.26. The van der Waals surface area contributed by atoms with E-state index in [0.717, 1.165) is 0 Å². The number of ether oxygens (including phenoxy) is 2. The number of anilines is 2. The Morgan fingerprint density at radius 3 is 2.62 bits per heavy atom. The van der Waals surface area contributed by atoms with Gasteiger partial charge < -0.3 is 25.8 Å². The monoisotopic (exact) mass is 352 g/mol. The molecule has 0 aromatic heterocycles. The number of amides is 1. The minimum absolute atomic E-state index is 0.102. The van der Waals surface area contributed by atoms with Crippen molar-refractivity contribution in [1.29, 1.82) is 5.26 Å². The first kappa shape index (κ1) is 19.8. The summed E-state index contributed by atoms with van der Waals surface area (Å²) in [6, 6.07) is 6.51. The Bertz CT molecular complexity index is 622. The van der Waals surface area contributed by atoms with Crippen LogP contribution in [-0.4, -0.2) is 32.0 Å². The van der Waals surface area contributed by atoms with Gasteiger partial charge in [-0.1, -0.05) is 11.6 Å². The fourth-order valence-corrected chi connectivity index (χ4v) is 2.00. The molecule has 24 heavy (non-hydrogen) atoms. The van der Waals surface area contributed by atoms with Crippen LogP contribution in [0.15, 0.2) is 30.0 Å². The van der Waals surface area contributed by atoms with Gasteiger partial charge in [-0.15, -0.1) is 0 Å². The number of nitrogens with two attached hydrogens (primary N) is 1. The molecule has 8 heteroatoms. The van der Waals surface area contributed by atoms with E-state index in [-0.39, 0.29) is 5.57 Å². The van der Waals surface area contributed by atoms with E-state index >= 15 is 0 Å². The van der Waals surface area contributed by atoms with Crippen molar-refractivity contribution < 1.29 is 14.3 Å². The Morgan fingerprint density at radius 1 is 1.42 bits per heavy atom. The molecule has 0 aliphatic rings. The zero-order valence-electron chi connectivity index (χ0n) is 13.6. The van der Waals surface area contributed by atoms with Crippen LogP contribution in [0, 0.1) is 11.3 Å². The molecule has 0 saturated carbocycles. The second-order valence-electron chi connectivity index (χ2n) is 4.61. The molecule has 7 nitrogen and oxygen atoms in total. The number of benzene rings is 1. The summed E-state index contributed by atoms with van der Waals surface area (Å²) in [5.41, 5.74) is 6.34. The van der Waals surface area contributed by atoms with Gasteiger partial charge >= 0.3 is 0 Å². The first-order valence-corrected chi connectivity index (χ1v) is 7.82. The van der Waals surface area contributed by atoms with Crippen molar-refractivity contribution >= 4 is 28.9 Å². The predicted molar refractivity (Wildman–Crippen MR) is 93.2 cm³/mol. The third-order valence-electron chi connectivity index (χ3n) is 2.84. The third kappa shape index (κ3) is 6.46. The molecule has 0 aliphatic heterocycles. The molecule has 0 aliphatic carbocycles. The topological polar surface area (TPSA) is 109 Å². The number of nitrogens with zero attached hydrogens (tertiary/aromatic N) is 1. The molecular formula is C16H21ClN4O3. The normalized spacial score (nSPS) is 11.2. The molecule has 1 aromatic carbocycles. The second kappa shape index (κ2) is 10.5. The highest BCUT2D eigenvalue weighted by molar-refractivity contribution is 6.34. The number of carbonyl (C=O) groups excluding carboxylic acids is 1. The molecule has 0 bridgehead atoms. The zero-order valence-corrected chi connectivity index (χ0v) is 14.4. The molecule has 0 atom stereocenters.